The molecule has 0 aliphatic rings. The lowest BCUT2D eigenvalue weighted by Crippen LogP contribution is -2.00. The average molecular weight is 633 g/mol. The highest BCUT2D eigenvalue weighted by atomic mass is 32.1. The Hall–Kier alpha value is -6.24. The van der Waals surface area contributed by atoms with Gasteiger partial charge in [0, 0.05) is 65.0 Å². The molecule has 6 aromatic carbocycles. The Morgan fingerprint density at radius 1 is 0.479 bits per heavy atom. The molecule has 6 heteroatoms. The first kappa shape index (κ1) is 26.9. The minimum atomic E-state index is 0.546. The van der Waals surface area contributed by atoms with E-state index in [0.717, 1.165) is 49.6 Å². The highest BCUT2D eigenvalue weighted by Crippen LogP contribution is 2.44. The summed E-state index contributed by atoms with van der Waals surface area (Å²) in [5.41, 5.74) is 6.34. The van der Waals surface area contributed by atoms with Crippen molar-refractivity contribution in [2.45, 2.75) is 0 Å². The largest absolute Gasteiger partial charge is 0.454 e. The molecule has 10 rings (SSSR count). The number of fused-ring (bicyclic) bond motifs is 7. The van der Waals surface area contributed by atoms with Crippen LogP contribution in [0.4, 0.5) is 0 Å². The Kier molecular flexibility index (Phi) is 5.98. The molecule has 0 amide bonds. The highest BCUT2D eigenvalue weighted by Gasteiger charge is 2.21. The number of hydrogen-bond acceptors (Lipinski definition) is 6. The molecular weight excluding hydrogens is 609 g/mol. The van der Waals surface area contributed by atoms with E-state index >= 15 is 0 Å². The Labute approximate surface area is 278 Å². The van der Waals surface area contributed by atoms with Gasteiger partial charge in [-0.05, 0) is 22.9 Å². The van der Waals surface area contributed by atoms with E-state index < -0.39 is 0 Å². The first-order valence-electron chi connectivity index (χ1n) is 15.8. The van der Waals surface area contributed by atoms with Gasteiger partial charge in [0.2, 0.25) is 0 Å². The molecule has 10 aromatic rings. The van der Waals surface area contributed by atoms with Gasteiger partial charge in [0.25, 0.3) is 0 Å². The number of para-hydroxylation sites is 1. The van der Waals surface area contributed by atoms with E-state index in [1.165, 1.54) is 25.6 Å². The van der Waals surface area contributed by atoms with Crippen LogP contribution in [0.15, 0.2) is 150 Å². The molecule has 0 aliphatic heterocycles. The van der Waals surface area contributed by atoms with Crippen molar-refractivity contribution in [3.05, 3.63) is 146 Å². The summed E-state index contributed by atoms with van der Waals surface area (Å²) in [6, 6.07) is 46.2. The highest BCUT2D eigenvalue weighted by molar-refractivity contribution is 7.26. The van der Waals surface area contributed by atoms with E-state index in [4.69, 9.17) is 19.4 Å². The van der Waals surface area contributed by atoms with E-state index in [-0.39, 0.29) is 0 Å². The maximum absolute atomic E-state index is 6.67. The van der Waals surface area contributed by atoms with E-state index in [2.05, 4.69) is 96.0 Å². The molecule has 0 fully saturated rings. The van der Waals surface area contributed by atoms with Gasteiger partial charge in [-0.3, -0.25) is 4.98 Å². The number of benzene rings is 6. The van der Waals surface area contributed by atoms with Crippen molar-refractivity contribution in [3.8, 4) is 45.3 Å². The molecular formula is C42H24N4OS. The fourth-order valence-electron chi connectivity index (χ4n) is 6.76. The third kappa shape index (κ3) is 4.24. The van der Waals surface area contributed by atoms with Gasteiger partial charge in [-0.1, -0.05) is 121 Å². The van der Waals surface area contributed by atoms with Crippen LogP contribution < -0.4 is 0 Å². The molecule has 0 unspecified atom stereocenters. The van der Waals surface area contributed by atoms with Gasteiger partial charge in [-0.25, -0.2) is 15.0 Å². The third-order valence-electron chi connectivity index (χ3n) is 9.02. The van der Waals surface area contributed by atoms with Crippen molar-refractivity contribution in [2.24, 2.45) is 0 Å². The minimum Gasteiger partial charge on any atom is -0.454 e. The molecule has 0 spiro atoms. The number of furan rings is 1. The van der Waals surface area contributed by atoms with Crippen molar-refractivity contribution >= 4 is 64.2 Å². The van der Waals surface area contributed by atoms with Crippen LogP contribution in [0.5, 0.6) is 0 Å². The van der Waals surface area contributed by atoms with Crippen molar-refractivity contribution in [2.75, 3.05) is 0 Å². The van der Waals surface area contributed by atoms with Gasteiger partial charge in [-0.2, -0.15) is 0 Å². The predicted molar refractivity (Wildman–Crippen MR) is 197 cm³/mol. The Morgan fingerprint density at radius 2 is 1.19 bits per heavy atom. The molecule has 224 valence electrons. The summed E-state index contributed by atoms with van der Waals surface area (Å²) >= 11 is 1.82. The SMILES string of the molecule is c1ccc(-c2nc(-c3ccc4ccccc4c3)nc(-c3cncc4oc5c(-c6cccc7c6sc6ccccc67)cccc5c34)n2)cc1. The van der Waals surface area contributed by atoms with Gasteiger partial charge >= 0.3 is 0 Å². The molecule has 0 aliphatic carbocycles. The van der Waals surface area contributed by atoms with Gasteiger partial charge < -0.3 is 4.42 Å². The fourth-order valence-corrected chi connectivity index (χ4v) is 7.99. The van der Waals surface area contributed by atoms with Gasteiger partial charge in [0.15, 0.2) is 23.1 Å². The lowest BCUT2D eigenvalue weighted by atomic mass is 9.99. The molecule has 0 saturated carbocycles. The molecule has 0 bridgehead atoms. The first-order chi connectivity index (χ1) is 23.8. The number of rotatable bonds is 4. The second-order valence-corrected chi connectivity index (χ2v) is 12.9. The molecule has 0 saturated heterocycles. The van der Waals surface area contributed by atoms with E-state index in [1.807, 2.05) is 60.0 Å². The van der Waals surface area contributed by atoms with E-state index in [0.29, 0.717) is 23.1 Å². The zero-order chi connectivity index (χ0) is 31.6. The molecule has 4 heterocycles. The van der Waals surface area contributed by atoms with Crippen LogP contribution in [-0.4, -0.2) is 19.9 Å². The van der Waals surface area contributed by atoms with E-state index in [1.54, 1.807) is 6.20 Å². The second kappa shape index (κ2) is 10.7. The third-order valence-corrected chi connectivity index (χ3v) is 10.2. The maximum Gasteiger partial charge on any atom is 0.166 e. The molecule has 4 aromatic heterocycles. The standard InChI is InChI=1S/C42H24N4OS/c1-2-11-26(12-3-1)40-44-41(28-21-20-25-10-4-5-13-27(25)22-28)46-42(45-40)34-23-43-24-35-37(34)33-18-8-15-30(38(33)47-35)32-17-9-16-31-29-14-6-7-19-36(29)48-39(31)32/h1-24H. The Balaban J connectivity index is 1.21. The summed E-state index contributed by atoms with van der Waals surface area (Å²) in [5.74, 6) is 1.75. The predicted octanol–water partition coefficient (Wildman–Crippen LogP) is 11.4. The van der Waals surface area contributed by atoms with Crippen LogP contribution in [0.25, 0.3) is 98.2 Å². The molecule has 5 nitrogen and oxygen atoms in total. The van der Waals surface area contributed by atoms with Crippen LogP contribution in [-0.2, 0) is 0 Å². The van der Waals surface area contributed by atoms with Gasteiger partial charge in [-0.15, -0.1) is 11.3 Å². The van der Waals surface area contributed by atoms with Crippen LogP contribution in [0.2, 0.25) is 0 Å². The summed E-state index contributed by atoms with van der Waals surface area (Å²) in [6.45, 7) is 0. The minimum absolute atomic E-state index is 0.546. The van der Waals surface area contributed by atoms with Crippen molar-refractivity contribution in [1.29, 1.82) is 0 Å². The molecule has 0 N–H and O–H groups in total. The lowest BCUT2D eigenvalue weighted by molar-refractivity contribution is 0.668. The number of thiophene rings is 1. The number of pyridine rings is 1. The normalized spacial score (nSPS) is 11.8. The van der Waals surface area contributed by atoms with Gasteiger partial charge in [0.1, 0.15) is 5.58 Å². The van der Waals surface area contributed by atoms with Crippen LogP contribution >= 0.6 is 11.3 Å². The zero-order valence-corrected chi connectivity index (χ0v) is 26.3. The number of aromatic nitrogens is 4. The zero-order valence-electron chi connectivity index (χ0n) is 25.5. The molecule has 48 heavy (non-hydrogen) atoms. The second-order valence-electron chi connectivity index (χ2n) is 11.9. The summed E-state index contributed by atoms with van der Waals surface area (Å²) in [5, 5.41) is 6.74. The summed E-state index contributed by atoms with van der Waals surface area (Å²) in [4.78, 5) is 19.7. The fraction of sp³-hybridized carbons (Fsp3) is 0. The smallest absolute Gasteiger partial charge is 0.166 e. The van der Waals surface area contributed by atoms with Crippen LogP contribution in [0.1, 0.15) is 0 Å². The number of hydrogen-bond donors (Lipinski definition) is 0. The van der Waals surface area contributed by atoms with Crippen LogP contribution in [0.3, 0.4) is 0 Å². The topological polar surface area (TPSA) is 64.7 Å². The Morgan fingerprint density at radius 3 is 2.08 bits per heavy atom. The molecule has 0 radical (unpaired) electrons. The monoisotopic (exact) mass is 632 g/mol. The summed E-state index contributed by atoms with van der Waals surface area (Å²) < 4.78 is 9.19. The first-order valence-corrected chi connectivity index (χ1v) is 16.6. The summed E-state index contributed by atoms with van der Waals surface area (Å²) in [7, 11) is 0. The average Bonchev–Trinajstić information content (AvgIpc) is 3.74. The van der Waals surface area contributed by atoms with Crippen molar-refractivity contribution in [3.63, 3.8) is 0 Å². The lowest BCUT2D eigenvalue weighted by Gasteiger charge is -2.09. The maximum atomic E-state index is 6.67. The van der Waals surface area contributed by atoms with Crippen molar-refractivity contribution in [1.82, 2.24) is 19.9 Å². The Bertz CT molecular complexity index is 2860. The van der Waals surface area contributed by atoms with Gasteiger partial charge in [0.05, 0.1) is 6.20 Å². The van der Waals surface area contributed by atoms with E-state index in [9.17, 15) is 0 Å². The molecule has 0 atom stereocenters. The van der Waals surface area contributed by atoms with Crippen LogP contribution in [0, 0.1) is 0 Å². The van der Waals surface area contributed by atoms with Crippen molar-refractivity contribution < 1.29 is 4.42 Å². The quantitative estimate of drug-likeness (QED) is 0.193. The number of nitrogens with zero attached hydrogens (tertiary/aromatic N) is 4. The summed E-state index contributed by atoms with van der Waals surface area (Å²) in [6.07, 6.45) is 3.62.